The van der Waals surface area contributed by atoms with Gasteiger partial charge in [-0.15, -0.1) is 0 Å². The number of hydrogen-bond donors (Lipinski definition) is 1. The Morgan fingerprint density at radius 3 is 2.85 bits per heavy atom. The van der Waals surface area contributed by atoms with Crippen LogP contribution in [0.4, 0.5) is 0 Å². The molecular weight excluding hydrogens is 366 g/mol. The predicted octanol–water partition coefficient (Wildman–Crippen LogP) is 2.36. The zero-order chi connectivity index (χ0) is 19.2. The average molecular weight is 388 g/mol. The van der Waals surface area contributed by atoms with Gasteiger partial charge in [-0.05, 0) is 23.8 Å². The Balaban J connectivity index is 1.68. The van der Waals surface area contributed by atoms with Crippen molar-refractivity contribution >= 4 is 23.4 Å². The number of nitrogens with one attached hydrogen (secondary N) is 1. The lowest BCUT2D eigenvalue weighted by atomic mass is 10.1. The van der Waals surface area contributed by atoms with Gasteiger partial charge in [0.25, 0.3) is 0 Å². The second kappa shape index (κ2) is 8.97. The summed E-state index contributed by atoms with van der Waals surface area (Å²) in [6.45, 7) is 2.76. The summed E-state index contributed by atoms with van der Waals surface area (Å²) in [6.07, 6.45) is 0.344. The van der Waals surface area contributed by atoms with E-state index in [1.807, 2.05) is 42.5 Å². The molecule has 1 fully saturated rings. The fourth-order valence-corrected chi connectivity index (χ4v) is 3.18. The van der Waals surface area contributed by atoms with E-state index in [-0.39, 0.29) is 24.5 Å². The van der Waals surface area contributed by atoms with Gasteiger partial charge in [0.1, 0.15) is 6.10 Å². The third-order valence-corrected chi connectivity index (χ3v) is 4.76. The van der Waals surface area contributed by atoms with Crippen molar-refractivity contribution in [2.45, 2.75) is 19.4 Å². The molecule has 7 heteroatoms. The van der Waals surface area contributed by atoms with Gasteiger partial charge in [-0.25, -0.2) is 0 Å². The molecule has 0 radical (unpaired) electrons. The number of aromatic nitrogens is 1. The Kier molecular flexibility index (Phi) is 6.42. The van der Waals surface area contributed by atoms with Crippen LogP contribution in [-0.4, -0.2) is 47.9 Å². The van der Waals surface area contributed by atoms with Crippen molar-refractivity contribution in [3.63, 3.8) is 0 Å². The normalized spacial score (nSPS) is 16.8. The number of halogens is 1. The first-order valence-electron chi connectivity index (χ1n) is 8.86. The summed E-state index contributed by atoms with van der Waals surface area (Å²) in [4.78, 5) is 29.7. The van der Waals surface area contributed by atoms with Crippen LogP contribution in [-0.2, 0) is 20.7 Å². The van der Waals surface area contributed by atoms with Crippen molar-refractivity contribution < 1.29 is 14.3 Å². The topological polar surface area (TPSA) is 71.5 Å². The molecule has 6 nitrogen and oxygen atoms in total. The number of nitrogens with zero attached hydrogens (tertiary/aromatic N) is 2. The van der Waals surface area contributed by atoms with Gasteiger partial charge in [0, 0.05) is 30.6 Å². The van der Waals surface area contributed by atoms with Crippen LogP contribution in [0.25, 0.3) is 0 Å². The Morgan fingerprint density at radius 2 is 2.07 bits per heavy atom. The highest BCUT2D eigenvalue weighted by Gasteiger charge is 2.26. The van der Waals surface area contributed by atoms with E-state index >= 15 is 0 Å². The molecule has 1 saturated heterocycles. The second-order valence-corrected chi connectivity index (χ2v) is 6.84. The van der Waals surface area contributed by atoms with Crippen LogP contribution in [0.5, 0.6) is 0 Å². The number of hydrogen-bond acceptors (Lipinski definition) is 4. The van der Waals surface area contributed by atoms with E-state index in [0.717, 1.165) is 17.0 Å². The van der Waals surface area contributed by atoms with Crippen LogP contribution < -0.4 is 5.32 Å². The van der Waals surface area contributed by atoms with E-state index in [1.54, 1.807) is 4.90 Å². The van der Waals surface area contributed by atoms with Gasteiger partial charge in [-0.3, -0.25) is 14.6 Å². The summed E-state index contributed by atoms with van der Waals surface area (Å²) in [5, 5.41) is 3.26. The number of pyridine rings is 1. The lowest BCUT2D eigenvalue weighted by Crippen LogP contribution is -2.46. The molecule has 1 N–H and O–H groups in total. The van der Waals surface area contributed by atoms with Crippen molar-refractivity contribution in [3.8, 4) is 0 Å². The van der Waals surface area contributed by atoms with E-state index in [0.29, 0.717) is 31.1 Å². The van der Waals surface area contributed by atoms with Gasteiger partial charge in [-0.1, -0.05) is 35.9 Å². The summed E-state index contributed by atoms with van der Waals surface area (Å²) in [5.74, 6) is -0.340. The van der Waals surface area contributed by atoms with Gasteiger partial charge in [0.15, 0.2) is 0 Å². The van der Waals surface area contributed by atoms with E-state index in [4.69, 9.17) is 21.3 Å². The zero-order valence-corrected chi connectivity index (χ0v) is 15.9. The number of amides is 2. The first kappa shape index (κ1) is 19.3. The first-order chi connectivity index (χ1) is 13.0. The maximum Gasteiger partial charge on any atom is 0.242 e. The molecule has 2 heterocycles. The van der Waals surface area contributed by atoms with E-state index in [2.05, 4.69) is 5.32 Å². The fraction of sp³-hybridized carbons (Fsp3) is 0.350. The molecule has 0 bridgehead atoms. The molecule has 2 amide bonds. The van der Waals surface area contributed by atoms with Crippen LogP contribution >= 0.6 is 11.6 Å². The lowest BCUT2D eigenvalue weighted by molar-refractivity contribution is -0.139. The summed E-state index contributed by atoms with van der Waals surface area (Å²) < 4.78 is 5.83. The molecular formula is C20H22ClN3O3. The number of benzene rings is 1. The number of carbonyl (C=O) groups excluding carboxylic acids is 2. The van der Waals surface area contributed by atoms with Crippen molar-refractivity contribution in [2.24, 2.45) is 0 Å². The Hall–Kier alpha value is -2.44. The number of morpholine rings is 1. The van der Waals surface area contributed by atoms with Crippen LogP contribution in [0.1, 0.15) is 30.0 Å². The summed E-state index contributed by atoms with van der Waals surface area (Å²) >= 11 is 6.24. The third-order valence-electron chi connectivity index (χ3n) is 4.40. The molecule has 27 heavy (non-hydrogen) atoms. The molecule has 1 aromatic heterocycles. The number of rotatable bonds is 5. The summed E-state index contributed by atoms with van der Waals surface area (Å²) in [6, 6.07) is 13.5. The molecule has 1 aliphatic rings. The minimum atomic E-state index is -0.286. The highest BCUT2D eigenvalue weighted by atomic mass is 35.5. The molecule has 142 valence electrons. The Morgan fingerprint density at radius 1 is 1.26 bits per heavy atom. The SMILES string of the molecule is CC(=O)NCC(=O)N1CCO[C@@H](c2cccc(Cc3ccccc3Cl)n2)C1. The third kappa shape index (κ3) is 5.28. The Labute approximate surface area is 163 Å². The monoisotopic (exact) mass is 387 g/mol. The van der Waals surface area contributed by atoms with Crippen LogP contribution in [0.2, 0.25) is 5.02 Å². The first-order valence-corrected chi connectivity index (χ1v) is 9.24. The Bertz CT molecular complexity index is 828. The summed E-state index contributed by atoms with van der Waals surface area (Å²) in [7, 11) is 0. The van der Waals surface area contributed by atoms with E-state index in [1.165, 1.54) is 6.92 Å². The second-order valence-electron chi connectivity index (χ2n) is 6.43. The van der Waals surface area contributed by atoms with Crippen molar-refractivity contribution in [1.82, 2.24) is 15.2 Å². The van der Waals surface area contributed by atoms with Crippen LogP contribution in [0.15, 0.2) is 42.5 Å². The molecule has 1 atom stereocenters. The molecule has 0 aliphatic carbocycles. The number of ether oxygens (including phenoxy) is 1. The van der Waals surface area contributed by atoms with Crippen LogP contribution in [0.3, 0.4) is 0 Å². The fourth-order valence-electron chi connectivity index (χ4n) is 2.98. The smallest absolute Gasteiger partial charge is 0.242 e. The van der Waals surface area contributed by atoms with Gasteiger partial charge >= 0.3 is 0 Å². The lowest BCUT2D eigenvalue weighted by Gasteiger charge is -2.32. The molecule has 1 aliphatic heterocycles. The van der Waals surface area contributed by atoms with Gasteiger partial charge in [0.2, 0.25) is 11.8 Å². The van der Waals surface area contributed by atoms with Gasteiger partial charge in [-0.2, -0.15) is 0 Å². The average Bonchev–Trinajstić information content (AvgIpc) is 2.68. The molecule has 0 saturated carbocycles. The van der Waals surface area contributed by atoms with Gasteiger partial charge in [0.05, 0.1) is 25.4 Å². The van der Waals surface area contributed by atoms with Crippen molar-refractivity contribution in [3.05, 3.63) is 64.4 Å². The minimum absolute atomic E-state index is 0.00201. The molecule has 2 aromatic rings. The predicted molar refractivity (Wildman–Crippen MR) is 102 cm³/mol. The van der Waals surface area contributed by atoms with Crippen molar-refractivity contribution in [1.29, 1.82) is 0 Å². The molecule has 1 aromatic carbocycles. The maximum atomic E-state index is 12.2. The zero-order valence-electron chi connectivity index (χ0n) is 15.2. The summed E-state index contributed by atoms with van der Waals surface area (Å²) in [5.41, 5.74) is 2.70. The van der Waals surface area contributed by atoms with Crippen molar-refractivity contribution in [2.75, 3.05) is 26.2 Å². The largest absolute Gasteiger partial charge is 0.368 e. The highest BCUT2D eigenvalue weighted by Crippen LogP contribution is 2.23. The number of carbonyl (C=O) groups is 2. The highest BCUT2D eigenvalue weighted by molar-refractivity contribution is 6.31. The molecule has 0 spiro atoms. The molecule has 0 unspecified atom stereocenters. The van der Waals surface area contributed by atoms with E-state index in [9.17, 15) is 9.59 Å². The van der Waals surface area contributed by atoms with Gasteiger partial charge < -0.3 is 15.0 Å². The quantitative estimate of drug-likeness (QED) is 0.854. The van der Waals surface area contributed by atoms with E-state index < -0.39 is 0 Å². The maximum absolute atomic E-state index is 12.2. The minimum Gasteiger partial charge on any atom is -0.368 e. The molecule has 3 rings (SSSR count). The van der Waals surface area contributed by atoms with Crippen LogP contribution in [0, 0.1) is 0 Å². The standard InChI is InChI=1S/C20H22ClN3O3/c1-14(25)22-12-20(26)24-9-10-27-19(13-24)18-8-4-6-16(23-18)11-15-5-2-3-7-17(15)21/h2-8,19H,9-13H2,1H3,(H,22,25)/t19-/m1/s1.